The number of allylic oxidation sites excluding steroid dienone is 4. The van der Waals surface area contributed by atoms with Crippen LogP contribution in [0.3, 0.4) is 0 Å². The number of benzene rings is 2. The maximum absolute atomic E-state index is 12.4. The van der Waals surface area contributed by atoms with Crippen molar-refractivity contribution in [1.82, 2.24) is 0 Å². The van der Waals surface area contributed by atoms with Gasteiger partial charge >= 0.3 is 0 Å². The van der Waals surface area contributed by atoms with Gasteiger partial charge in [0, 0.05) is 11.4 Å². The molecule has 2 rings (SSSR count). The lowest BCUT2D eigenvalue weighted by atomic mass is 10.1. The highest BCUT2D eigenvalue weighted by Gasteiger charge is 1.97. The fourth-order valence-electron chi connectivity index (χ4n) is 2.37. The molecule has 0 amide bonds. The number of rotatable bonds is 5. The molecule has 0 saturated heterocycles. The Balaban J connectivity index is 0.000000289. The van der Waals surface area contributed by atoms with E-state index >= 15 is 0 Å². The molecule has 0 aromatic heterocycles. The van der Waals surface area contributed by atoms with Crippen molar-refractivity contribution in [2.45, 2.75) is 47.5 Å². The molecule has 0 aliphatic carbocycles. The third-order valence-corrected chi connectivity index (χ3v) is 4.04. The van der Waals surface area contributed by atoms with Crippen molar-refractivity contribution in [2.75, 3.05) is 0 Å². The Labute approximate surface area is 162 Å². The van der Waals surface area contributed by atoms with Gasteiger partial charge in [-0.05, 0) is 88.4 Å². The van der Waals surface area contributed by atoms with Gasteiger partial charge in [-0.3, -0.25) is 4.99 Å². The van der Waals surface area contributed by atoms with Gasteiger partial charge in [0.15, 0.2) is 0 Å². The standard InChI is InChI=1S/C14H19NO.C10H11F/c1-4-13(15-11(2)3)8-5-12-6-9-14(16)10-7-12;1-3-8(2)9-4-6-10(11)7-5-9/h4,6-7,9-10,16H,5,8H2,1-3H3;3-7H,1-2H3/b13-4-;8-3+. The first-order valence-electron chi connectivity index (χ1n) is 9.19. The van der Waals surface area contributed by atoms with Crippen LogP contribution in [0.1, 0.15) is 52.2 Å². The highest BCUT2D eigenvalue weighted by atomic mass is 19.1. The molecule has 0 aliphatic heterocycles. The molecule has 0 aliphatic rings. The monoisotopic (exact) mass is 367 g/mol. The number of phenols is 1. The lowest BCUT2D eigenvalue weighted by molar-refractivity contribution is 0.475. The van der Waals surface area contributed by atoms with Crippen LogP contribution in [0.15, 0.2) is 71.4 Å². The summed E-state index contributed by atoms with van der Waals surface area (Å²) < 4.78 is 12.4. The van der Waals surface area contributed by atoms with Crippen molar-refractivity contribution < 1.29 is 9.50 Å². The number of hydrogen-bond donors (Lipinski definition) is 1. The lowest BCUT2D eigenvalue weighted by Crippen LogP contribution is -1.90. The van der Waals surface area contributed by atoms with Crippen molar-refractivity contribution in [1.29, 1.82) is 0 Å². The molecule has 3 heteroatoms. The molecule has 0 heterocycles. The first-order valence-corrected chi connectivity index (χ1v) is 9.19. The second-order valence-electron chi connectivity index (χ2n) is 6.48. The predicted molar refractivity (Wildman–Crippen MR) is 115 cm³/mol. The van der Waals surface area contributed by atoms with E-state index in [1.807, 2.05) is 58.9 Å². The molecule has 1 N–H and O–H groups in total. The Morgan fingerprint density at radius 3 is 2.00 bits per heavy atom. The molecule has 0 atom stereocenters. The SMILES string of the molecule is C/C=C(/CCc1ccc(O)cc1)N=C(C)C.C/C=C(\C)c1ccc(F)cc1. The third kappa shape index (κ3) is 9.00. The van der Waals surface area contributed by atoms with E-state index in [9.17, 15) is 4.39 Å². The van der Waals surface area contributed by atoms with Crippen LogP contribution in [-0.2, 0) is 6.42 Å². The summed E-state index contributed by atoms with van der Waals surface area (Å²) in [5.74, 6) is 0.134. The van der Waals surface area contributed by atoms with Crippen molar-refractivity contribution in [3.05, 3.63) is 83.3 Å². The number of aryl methyl sites for hydroxylation is 1. The van der Waals surface area contributed by atoms with E-state index in [0.717, 1.165) is 29.8 Å². The first-order chi connectivity index (χ1) is 12.8. The van der Waals surface area contributed by atoms with Crippen LogP contribution in [0.25, 0.3) is 5.57 Å². The quantitative estimate of drug-likeness (QED) is 0.569. The van der Waals surface area contributed by atoms with Gasteiger partial charge in [-0.1, -0.05) is 36.4 Å². The van der Waals surface area contributed by atoms with Gasteiger partial charge in [-0.2, -0.15) is 0 Å². The fourth-order valence-corrected chi connectivity index (χ4v) is 2.37. The zero-order chi connectivity index (χ0) is 20.2. The Morgan fingerprint density at radius 1 is 0.926 bits per heavy atom. The van der Waals surface area contributed by atoms with Gasteiger partial charge in [0.2, 0.25) is 0 Å². The Kier molecular flexibility index (Phi) is 9.81. The van der Waals surface area contributed by atoms with Crippen molar-refractivity contribution in [3.8, 4) is 5.75 Å². The minimum absolute atomic E-state index is 0.183. The zero-order valence-corrected chi connectivity index (χ0v) is 17.0. The van der Waals surface area contributed by atoms with E-state index < -0.39 is 0 Å². The van der Waals surface area contributed by atoms with E-state index in [0.29, 0.717) is 5.75 Å². The highest BCUT2D eigenvalue weighted by Crippen LogP contribution is 2.15. The Hall–Kier alpha value is -2.68. The number of hydrogen-bond acceptors (Lipinski definition) is 2. The summed E-state index contributed by atoms with van der Waals surface area (Å²) in [6.45, 7) is 10.00. The first kappa shape index (κ1) is 22.4. The summed E-state index contributed by atoms with van der Waals surface area (Å²) in [7, 11) is 0. The van der Waals surface area contributed by atoms with Crippen LogP contribution in [0.2, 0.25) is 0 Å². The maximum Gasteiger partial charge on any atom is 0.123 e. The summed E-state index contributed by atoms with van der Waals surface area (Å²) in [6.07, 6.45) is 5.95. The minimum atomic E-state index is -0.183. The summed E-state index contributed by atoms with van der Waals surface area (Å²) in [5.41, 5.74) is 5.67. The topological polar surface area (TPSA) is 32.6 Å². The van der Waals surface area contributed by atoms with Crippen molar-refractivity contribution >= 4 is 11.3 Å². The number of aliphatic imine (C=N–C) groups is 1. The lowest BCUT2D eigenvalue weighted by Gasteiger charge is -2.03. The van der Waals surface area contributed by atoms with E-state index in [-0.39, 0.29) is 5.82 Å². The van der Waals surface area contributed by atoms with Gasteiger partial charge in [0.1, 0.15) is 11.6 Å². The average Bonchev–Trinajstić information content (AvgIpc) is 2.66. The molecular formula is C24H30FNO. The molecule has 2 aromatic carbocycles. The molecule has 0 bridgehead atoms. The average molecular weight is 368 g/mol. The van der Waals surface area contributed by atoms with Gasteiger partial charge in [0.05, 0.1) is 0 Å². The van der Waals surface area contributed by atoms with E-state index in [1.165, 1.54) is 23.3 Å². The molecule has 2 aromatic rings. The van der Waals surface area contributed by atoms with Crippen LogP contribution in [0, 0.1) is 5.82 Å². The molecule has 0 fully saturated rings. The molecule has 27 heavy (non-hydrogen) atoms. The van der Waals surface area contributed by atoms with Crippen LogP contribution in [0.4, 0.5) is 4.39 Å². The summed E-state index contributed by atoms with van der Waals surface area (Å²) in [4.78, 5) is 4.46. The van der Waals surface area contributed by atoms with Crippen LogP contribution < -0.4 is 0 Å². The highest BCUT2D eigenvalue weighted by molar-refractivity contribution is 5.80. The van der Waals surface area contributed by atoms with E-state index in [4.69, 9.17) is 5.11 Å². The fraction of sp³-hybridized carbons (Fsp3) is 0.292. The van der Waals surface area contributed by atoms with Gasteiger partial charge in [-0.25, -0.2) is 4.39 Å². The van der Waals surface area contributed by atoms with Gasteiger partial charge in [-0.15, -0.1) is 0 Å². The summed E-state index contributed by atoms with van der Waals surface area (Å²) in [5, 5.41) is 9.17. The van der Waals surface area contributed by atoms with Crippen LogP contribution in [-0.4, -0.2) is 10.8 Å². The Morgan fingerprint density at radius 2 is 1.52 bits per heavy atom. The molecule has 0 radical (unpaired) electrons. The van der Waals surface area contributed by atoms with Crippen LogP contribution in [0.5, 0.6) is 5.75 Å². The van der Waals surface area contributed by atoms with E-state index in [2.05, 4.69) is 4.99 Å². The van der Waals surface area contributed by atoms with Crippen LogP contribution >= 0.6 is 0 Å². The molecular weight excluding hydrogens is 337 g/mol. The minimum Gasteiger partial charge on any atom is -0.508 e. The van der Waals surface area contributed by atoms with E-state index in [1.54, 1.807) is 24.3 Å². The number of aromatic hydroxyl groups is 1. The largest absolute Gasteiger partial charge is 0.508 e. The normalized spacial score (nSPS) is 11.5. The van der Waals surface area contributed by atoms with Crippen molar-refractivity contribution in [3.63, 3.8) is 0 Å². The van der Waals surface area contributed by atoms with Crippen molar-refractivity contribution in [2.24, 2.45) is 4.99 Å². The number of nitrogens with zero attached hydrogens (tertiary/aromatic N) is 1. The molecule has 0 saturated carbocycles. The molecule has 2 nitrogen and oxygen atoms in total. The maximum atomic E-state index is 12.4. The Bertz CT molecular complexity index is 780. The molecule has 0 spiro atoms. The zero-order valence-electron chi connectivity index (χ0n) is 17.0. The molecule has 0 unspecified atom stereocenters. The summed E-state index contributed by atoms with van der Waals surface area (Å²) in [6, 6.07) is 13.9. The van der Waals surface area contributed by atoms with Gasteiger partial charge < -0.3 is 5.11 Å². The van der Waals surface area contributed by atoms with Gasteiger partial charge in [0.25, 0.3) is 0 Å². The number of halogens is 1. The second-order valence-corrected chi connectivity index (χ2v) is 6.48. The molecule has 144 valence electrons. The summed E-state index contributed by atoms with van der Waals surface area (Å²) >= 11 is 0. The smallest absolute Gasteiger partial charge is 0.123 e. The third-order valence-electron chi connectivity index (χ3n) is 4.04. The number of phenolic OH excluding ortho intramolecular Hbond substituents is 1. The predicted octanol–water partition coefficient (Wildman–Crippen LogP) is 6.96. The second kappa shape index (κ2) is 11.8.